The standard InChI is InChI=1S/C16H28N2/c1-6-17-16(12-18(4)5)15-9-7-8-14(11-15)10-13(2)3/h7-9,11,13,16-17H,6,10,12H2,1-5H3. The molecular weight excluding hydrogens is 220 g/mol. The van der Waals surface area contributed by atoms with E-state index in [4.69, 9.17) is 0 Å². The lowest BCUT2D eigenvalue weighted by Gasteiger charge is -2.23. The van der Waals surface area contributed by atoms with E-state index >= 15 is 0 Å². The second-order valence-electron chi connectivity index (χ2n) is 5.72. The minimum Gasteiger partial charge on any atom is -0.309 e. The van der Waals surface area contributed by atoms with Gasteiger partial charge >= 0.3 is 0 Å². The van der Waals surface area contributed by atoms with Crippen molar-refractivity contribution < 1.29 is 0 Å². The summed E-state index contributed by atoms with van der Waals surface area (Å²) in [5.41, 5.74) is 2.85. The number of likely N-dealkylation sites (N-methyl/N-ethyl adjacent to an activating group) is 2. The number of nitrogens with one attached hydrogen (secondary N) is 1. The molecule has 0 aliphatic carbocycles. The zero-order valence-electron chi connectivity index (χ0n) is 12.5. The van der Waals surface area contributed by atoms with E-state index in [2.05, 4.69) is 69.3 Å². The molecule has 0 radical (unpaired) electrons. The van der Waals surface area contributed by atoms with Gasteiger partial charge in [-0.05, 0) is 44.1 Å². The molecule has 0 saturated heterocycles. The summed E-state index contributed by atoms with van der Waals surface area (Å²) < 4.78 is 0. The van der Waals surface area contributed by atoms with Crippen LogP contribution in [0.25, 0.3) is 0 Å². The van der Waals surface area contributed by atoms with E-state index in [0.717, 1.165) is 19.5 Å². The lowest BCUT2D eigenvalue weighted by molar-refractivity contribution is 0.345. The third kappa shape index (κ3) is 5.19. The van der Waals surface area contributed by atoms with Crippen molar-refractivity contribution >= 4 is 0 Å². The van der Waals surface area contributed by atoms with Gasteiger partial charge in [-0.25, -0.2) is 0 Å². The topological polar surface area (TPSA) is 15.3 Å². The highest BCUT2D eigenvalue weighted by Crippen LogP contribution is 2.17. The molecule has 0 aliphatic rings. The lowest BCUT2D eigenvalue weighted by atomic mass is 9.98. The Hall–Kier alpha value is -0.860. The van der Waals surface area contributed by atoms with Gasteiger partial charge in [0.25, 0.3) is 0 Å². The Bertz CT molecular complexity index is 345. The Morgan fingerprint density at radius 2 is 1.94 bits per heavy atom. The molecule has 1 aromatic carbocycles. The molecule has 0 aliphatic heterocycles. The maximum atomic E-state index is 3.57. The van der Waals surface area contributed by atoms with E-state index in [-0.39, 0.29) is 0 Å². The summed E-state index contributed by atoms with van der Waals surface area (Å²) in [6.07, 6.45) is 1.16. The number of hydrogen-bond acceptors (Lipinski definition) is 2. The first-order chi connectivity index (χ1) is 8.52. The van der Waals surface area contributed by atoms with Gasteiger partial charge in [0.15, 0.2) is 0 Å². The van der Waals surface area contributed by atoms with Crippen LogP contribution in [0.15, 0.2) is 24.3 Å². The van der Waals surface area contributed by atoms with E-state index in [1.165, 1.54) is 11.1 Å². The minimum atomic E-state index is 0.428. The van der Waals surface area contributed by atoms with Crippen molar-refractivity contribution in [3.05, 3.63) is 35.4 Å². The zero-order chi connectivity index (χ0) is 13.5. The van der Waals surface area contributed by atoms with Crippen LogP contribution in [0.4, 0.5) is 0 Å². The van der Waals surface area contributed by atoms with Crippen molar-refractivity contribution in [3.63, 3.8) is 0 Å². The monoisotopic (exact) mass is 248 g/mol. The highest BCUT2D eigenvalue weighted by Gasteiger charge is 2.11. The van der Waals surface area contributed by atoms with Gasteiger partial charge in [0.05, 0.1) is 0 Å². The van der Waals surface area contributed by atoms with Crippen molar-refractivity contribution in [2.45, 2.75) is 33.2 Å². The summed E-state index contributed by atoms with van der Waals surface area (Å²) >= 11 is 0. The Balaban J connectivity index is 2.83. The van der Waals surface area contributed by atoms with E-state index in [0.29, 0.717) is 12.0 Å². The molecule has 1 unspecified atom stereocenters. The number of rotatable bonds is 7. The molecule has 0 saturated carbocycles. The van der Waals surface area contributed by atoms with E-state index in [1.54, 1.807) is 0 Å². The Kier molecular flexibility index (Phi) is 6.37. The molecule has 0 aromatic heterocycles. The van der Waals surface area contributed by atoms with E-state index in [9.17, 15) is 0 Å². The average molecular weight is 248 g/mol. The van der Waals surface area contributed by atoms with Crippen LogP contribution in [0, 0.1) is 5.92 Å². The van der Waals surface area contributed by atoms with Crippen LogP contribution < -0.4 is 5.32 Å². The number of nitrogens with zero attached hydrogens (tertiary/aromatic N) is 1. The summed E-state index contributed by atoms with van der Waals surface area (Å²) in [4.78, 5) is 2.24. The smallest absolute Gasteiger partial charge is 0.0449 e. The molecule has 18 heavy (non-hydrogen) atoms. The van der Waals surface area contributed by atoms with Crippen LogP contribution in [-0.4, -0.2) is 32.1 Å². The summed E-state index contributed by atoms with van der Waals surface area (Å²) in [5.74, 6) is 0.715. The van der Waals surface area contributed by atoms with Crippen LogP contribution in [-0.2, 0) is 6.42 Å². The van der Waals surface area contributed by atoms with Gasteiger partial charge in [0, 0.05) is 12.6 Å². The van der Waals surface area contributed by atoms with Crippen LogP contribution in [0.1, 0.15) is 37.9 Å². The lowest BCUT2D eigenvalue weighted by Crippen LogP contribution is -2.31. The third-order valence-corrected chi connectivity index (χ3v) is 3.00. The van der Waals surface area contributed by atoms with Crippen molar-refractivity contribution in [2.24, 2.45) is 5.92 Å². The highest BCUT2D eigenvalue weighted by molar-refractivity contribution is 5.26. The third-order valence-electron chi connectivity index (χ3n) is 3.00. The Morgan fingerprint density at radius 1 is 1.22 bits per heavy atom. The van der Waals surface area contributed by atoms with Crippen LogP contribution in [0.3, 0.4) is 0 Å². The van der Waals surface area contributed by atoms with Gasteiger partial charge < -0.3 is 10.2 Å². The SMILES string of the molecule is CCNC(CN(C)C)c1cccc(CC(C)C)c1. The fourth-order valence-corrected chi connectivity index (χ4v) is 2.31. The van der Waals surface area contributed by atoms with E-state index in [1.807, 2.05) is 0 Å². The molecule has 0 amide bonds. The van der Waals surface area contributed by atoms with Gasteiger partial charge in [0.2, 0.25) is 0 Å². The van der Waals surface area contributed by atoms with Gasteiger partial charge in [0.1, 0.15) is 0 Å². The summed E-state index contributed by atoms with van der Waals surface area (Å²) in [5, 5.41) is 3.57. The molecule has 0 bridgehead atoms. The molecule has 1 aromatic rings. The maximum absolute atomic E-state index is 3.57. The number of hydrogen-bond donors (Lipinski definition) is 1. The second kappa shape index (κ2) is 7.55. The summed E-state index contributed by atoms with van der Waals surface area (Å²) in [6, 6.07) is 9.45. The number of benzene rings is 1. The molecule has 2 nitrogen and oxygen atoms in total. The first kappa shape index (κ1) is 15.2. The van der Waals surface area contributed by atoms with Crippen molar-refractivity contribution in [1.82, 2.24) is 10.2 Å². The average Bonchev–Trinajstić information content (AvgIpc) is 2.27. The normalized spacial score (nSPS) is 13.3. The Labute approximate surface area is 112 Å². The predicted octanol–water partition coefficient (Wildman–Crippen LogP) is 3.10. The summed E-state index contributed by atoms with van der Waals surface area (Å²) in [7, 11) is 4.25. The van der Waals surface area contributed by atoms with E-state index < -0.39 is 0 Å². The molecule has 0 heterocycles. The van der Waals surface area contributed by atoms with Crippen LogP contribution >= 0.6 is 0 Å². The fourth-order valence-electron chi connectivity index (χ4n) is 2.31. The molecule has 0 spiro atoms. The van der Waals surface area contributed by atoms with Crippen LogP contribution in [0.5, 0.6) is 0 Å². The van der Waals surface area contributed by atoms with Crippen molar-refractivity contribution in [3.8, 4) is 0 Å². The minimum absolute atomic E-state index is 0.428. The molecule has 1 rings (SSSR count). The molecule has 2 heteroatoms. The van der Waals surface area contributed by atoms with Gasteiger partial charge in [-0.15, -0.1) is 0 Å². The second-order valence-corrected chi connectivity index (χ2v) is 5.72. The van der Waals surface area contributed by atoms with Crippen LogP contribution in [0.2, 0.25) is 0 Å². The van der Waals surface area contributed by atoms with Gasteiger partial charge in [-0.2, -0.15) is 0 Å². The predicted molar refractivity (Wildman–Crippen MR) is 80.0 cm³/mol. The van der Waals surface area contributed by atoms with Crippen molar-refractivity contribution in [2.75, 3.05) is 27.2 Å². The first-order valence-corrected chi connectivity index (χ1v) is 6.99. The van der Waals surface area contributed by atoms with Gasteiger partial charge in [-0.3, -0.25) is 0 Å². The largest absolute Gasteiger partial charge is 0.309 e. The van der Waals surface area contributed by atoms with Gasteiger partial charge in [-0.1, -0.05) is 45.0 Å². The molecule has 1 N–H and O–H groups in total. The maximum Gasteiger partial charge on any atom is 0.0449 e. The summed E-state index contributed by atoms with van der Waals surface area (Å²) in [6.45, 7) is 8.76. The highest BCUT2D eigenvalue weighted by atomic mass is 15.1. The van der Waals surface area contributed by atoms with Crippen molar-refractivity contribution in [1.29, 1.82) is 0 Å². The molecule has 102 valence electrons. The molecule has 0 fully saturated rings. The Morgan fingerprint density at radius 3 is 2.50 bits per heavy atom. The molecular formula is C16H28N2. The molecule has 1 atom stereocenters. The quantitative estimate of drug-likeness (QED) is 0.797. The zero-order valence-corrected chi connectivity index (χ0v) is 12.5. The fraction of sp³-hybridized carbons (Fsp3) is 0.625. The first-order valence-electron chi connectivity index (χ1n) is 6.99.